The van der Waals surface area contributed by atoms with E-state index in [0.29, 0.717) is 36.9 Å². The number of aliphatic hydroxyl groups excluding tert-OH is 1. The summed E-state index contributed by atoms with van der Waals surface area (Å²) in [6, 6.07) is 3.79. The van der Waals surface area contributed by atoms with Gasteiger partial charge in [-0.25, -0.2) is 0 Å². The van der Waals surface area contributed by atoms with Crippen LogP contribution < -0.4 is 14.2 Å². The largest absolute Gasteiger partial charge is 0.493 e. The Kier molecular flexibility index (Phi) is 10.5. The van der Waals surface area contributed by atoms with Crippen LogP contribution in [0.25, 0.3) is 0 Å². The maximum absolute atomic E-state index is 10.8. The van der Waals surface area contributed by atoms with Crippen molar-refractivity contribution in [1.82, 2.24) is 9.80 Å². The zero-order valence-corrected chi connectivity index (χ0v) is 19.7. The van der Waals surface area contributed by atoms with Crippen LogP contribution in [-0.2, 0) is 16.7 Å². The average molecular weight is 427 g/mol. The second-order valence-corrected chi connectivity index (χ2v) is 7.97. The first kappa shape index (κ1) is 25.4. The molecule has 11 heteroatoms. The van der Waals surface area contributed by atoms with Crippen LogP contribution in [0, 0.1) is 0 Å². The molecule has 0 saturated carbocycles. The first-order chi connectivity index (χ1) is 12.8. The number of rotatable bonds is 9. The van der Waals surface area contributed by atoms with Crippen LogP contribution in [0.4, 0.5) is 0 Å². The van der Waals surface area contributed by atoms with Gasteiger partial charge in [0.2, 0.25) is 5.75 Å². The molecule has 1 aliphatic heterocycles. The molecule has 1 fully saturated rings. The molecular weight excluding hydrogens is 399 g/mol. The van der Waals surface area contributed by atoms with E-state index >= 15 is 0 Å². The molecule has 2 N–H and O–H groups in total. The minimum absolute atomic E-state index is 0. The molecule has 1 saturated heterocycles. The molecule has 1 aromatic rings. The molecule has 0 bridgehead atoms. The Balaban J connectivity index is 0.00000392. The van der Waals surface area contributed by atoms with Crippen molar-refractivity contribution < 1.29 is 32.3 Å². The molecule has 1 heterocycles. The van der Waals surface area contributed by atoms with Crippen molar-refractivity contribution >= 4 is 39.7 Å². The van der Waals surface area contributed by atoms with E-state index in [0.717, 1.165) is 18.7 Å². The van der Waals surface area contributed by atoms with Gasteiger partial charge in [0.15, 0.2) is 11.5 Å². The molecule has 0 amide bonds. The van der Waals surface area contributed by atoms with Gasteiger partial charge in [0.25, 0.3) is 10.1 Å². The van der Waals surface area contributed by atoms with Crippen molar-refractivity contribution in [3.8, 4) is 17.2 Å². The van der Waals surface area contributed by atoms with Crippen molar-refractivity contribution in [1.29, 1.82) is 0 Å². The van der Waals surface area contributed by atoms with Gasteiger partial charge in [-0.15, -0.1) is 0 Å². The monoisotopic (exact) mass is 427 g/mol. The predicted molar refractivity (Wildman–Crippen MR) is 106 cm³/mol. The molecule has 1 aliphatic rings. The van der Waals surface area contributed by atoms with Crippen LogP contribution in [0.5, 0.6) is 17.2 Å². The molecule has 0 aliphatic carbocycles. The normalized spacial score (nSPS) is 16.9. The van der Waals surface area contributed by atoms with E-state index in [1.54, 1.807) is 21.3 Å². The molecule has 1 aromatic carbocycles. The smallest absolute Gasteiger partial charge is 0.267 e. The van der Waals surface area contributed by atoms with Gasteiger partial charge >= 0.3 is 0 Å². The minimum Gasteiger partial charge on any atom is -0.493 e. The molecule has 9 nitrogen and oxygen atoms in total. The fourth-order valence-corrected chi connectivity index (χ4v) is 3.84. The van der Waals surface area contributed by atoms with Crippen LogP contribution >= 0.6 is 0 Å². The summed E-state index contributed by atoms with van der Waals surface area (Å²) in [6.45, 7) is 3.79. The Hall–Kier alpha value is -0.590. The number of methoxy groups -OCH3 is 3. The van der Waals surface area contributed by atoms with Crippen molar-refractivity contribution in [2.45, 2.75) is 12.6 Å². The minimum atomic E-state index is -4.17. The summed E-state index contributed by atoms with van der Waals surface area (Å²) in [5.74, 6) is 1.17. The zero-order chi connectivity index (χ0) is 20.0. The standard InChI is InChI=1S/C17H28N2O7S.Na/c1-24-15-5-4-13(16(25-2)17(15)26-3)10-18-6-8-19(9-7-18)11-14(20)12-27(21,22)23;/h4-5,14,20H,6-12H2,1-3H3,(H,21,22,23);. The summed E-state index contributed by atoms with van der Waals surface area (Å²) in [6.07, 6.45) is -1.10. The summed E-state index contributed by atoms with van der Waals surface area (Å²) in [7, 11) is 0.570. The molecule has 1 atom stereocenters. The second kappa shape index (κ2) is 11.6. The third-order valence-electron chi connectivity index (χ3n) is 4.52. The maximum atomic E-state index is 10.8. The van der Waals surface area contributed by atoms with Crippen molar-refractivity contribution in [2.24, 2.45) is 0 Å². The van der Waals surface area contributed by atoms with E-state index in [1.807, 2.05) is 17.0 Å². The quantitative estimate of drug-likeness (QED) is 0.405. The van der Waals surface area contributed by atoms with Crippen LogP contribution in [0.3, 0.4) is 0 Å². The summed E-state index contributed by atoms with van der Waals surface area (Å²) in [5, 5.41) is 9.78. The Labute approximate surface area is 188 Å². The van der Waals surface area contributed by atoms with E-state index < -0.39 is 22.0 Å². The Morgan fingerprint density at radius 2 is 1.57 bits per heavy atom. The number of ether oxygens (including phenoxy) is 3. The fraction of sp³-hybridized carbons (Fsp3) is 0.647. The van der Waals surface area contributed by atoms with E-state index in [4.69, 9.17) is 18.8 Å². The summed E-state index contributed by atoms with van der Waals surface area (Å²) in [4.78, 5) is 4.23. The molecule has 28 heavy (non-hydrogen) atoms. The molecule has 1 radical (unpaired) electrons. The van der Waals surface area contributed by atoms with Crippen LogP contribution in [0.15, 0.2) is 12.1 Å². The van der Waals surface area contributed by atoms with E-state index in [2.05, 4.69) is 4.90 Å². The first-order valence-electron chi connectivity index (χ1n) is 8.63. The Morgan fingerprint density at radius 3 is 2.07 bits per heavy atom. The third kappa shape index (κ3) is 7.34. The van der Waals surface area contributed by atoms with Gasteiger partial charge < -0.3 is 19.3 Å². The molecular formula is C17H28N2NaO7S. The SMILES string of the molecule is COc1ccc(CN2CCN(CC(O)CS(=O)(=O)O)CC2)c(OC)c1OC.[Na]. The number of aliphatic hydroxyl groups is 1. The number of nitrogens with zero attached hydrogens (tertiary/aromatic N) is 2. The number of benzene rings is 1. The van der Waals surface area contributed by atoms with E-state index in [1.165, 1.54) is 0 Å². The summed E-state index contributed by atoms with van der Waals surface area (Å²) >= 11 is 0. The maximum Gasteiger partial charge on any atom is 0.267 e. The Morgan fingerprint density at radius 1 is 1.00 bits per heavy atom. The molecule has 2 rings (SSSR count). The Bertz CT molecular complexity index is 724. The van der Waals surface area contributed by atoms with Crippen LogP contribution in [0.2, 0.25) is 0 Å². The van der Waals surface area contributed by atoms with Gasteiger partial charge in [-0.1, -0.05) is 6.07 Å². The van der Waals surface area contributed by atoms with E-state index in [-0.39, 0.29) is 36.1 Å². The average Bonchev–Trinajstić information content (AvgIpc) is 2.61. The summed E-state index contributed by atoms with van der Waals surface area (Å²) in [5.41, 5.74) is 0.981. The van der Waals surface area contributed by atoms with Crippen molar-refractivity contribution in [3.05, 3.63) is 17.7 Å². The molecule has 155 valence electrons. The van der Waals surface area contributed by atoms with Gasteiger partial charge in [-0.05, 0) is 6.07 Å². The van der Waals surface area contributed by atoms with Gasteiger partial charge in [0.05, 0.1) is 27.4 Å². The number of hydrogen-bond acceptors (Lipinski definition) is 8. The number of β-amino-alcohol motifs (C(OH)–C–C–N with tert-alkyl or cyclic N) is 1. The van der Waals surface area contributed by atoms with Gasteiger partial charge in [0, 0.05) is 74.4 Å². The second-order valence-electron chi connectivity index (χ2n) is 6.47. The summed E-state index contributed by atoms with van der Waals surface area (Å²) < 4.78 is 46.7. The molecule has 1 unspecified atom stereocenters. The zero-order valence-electron chi connectivity index (χ0n) is 16.9. The molecule has 0 aromatic heterocycles. The van der Waals surface area contributed by atoms with Crippen LogP contribution in [-0.4, -0.2) is 123 Å². The van der Waals surface area contributed by atoms with Gasteiger partial charge in [-0.2, -0.15) is 8.42 Å². The predicted octanol–water partition coefficient (Wildman–Crippen LogP) is -0.302. The third-order valence-corrected chi connectivity index (χ3v) is 5.32. The molecule has 0 spiro atoms. The first-order valence-corrected chi connectivity index (χ1v) is 10.2. The number of hydrogen-bond donors (Lipinski definition) is 2. The van der Waals surface area contributed by atoms with Crippen LogP contribution in [0.1, 0.15) is 5.56 Å². The van der Waals surface area contributed by atoms with Crippen molar-refractivity contribution in [2.75, 3.05) is 59.8 Å². The topological polar surface area (TPSA) is 109 Å². The van der Waals surface area contributed by atoms with Gasteiger partial charge in [0.1, 0.15) is 5.75 Å². The van der Waals surface area contributed by atoms with Crippen molar-refractivity contribution in [3.63, 3.8) is 0 Å². The van der Waals surface area contributed by atoms with Gasteiger partial charge in [-0.3, -0.25) is 14.4 Å². The number of piperazine rings is 1. The fourth-order valence-electron chi connectivity index (χ4n) is 3.25. The van der Waals surface area contributed by atoms with E-state index in [9.17, 15) is 13.5 Å².